The van der Waals surface area contributed by atoms with E-state index >= 15 is 0 Å². The Balaban J connectivity index is 2.00. The zero-order valence-corrected chi connectivity index (χ0v) is 11.9. The summed E-state index contributed by atoms with van der Waals surface area (Å²) in [6, 6.07) is 4.38. The van der Waals surface area contributed by atoms with E-state index in [9.17, 15) is 0 Å². The van der Waals surface area contributed by atoms with Crippen molar-refractivity contribution in [3.8, 4) is 0 Å². The Bertz CT molecular complexity index is 346. The summed E-state index contributed by atoms with van der Waals surface area (Å²) in [5.74, 6) is 0. The Morgan fingerprint density at radius 2 is 2.29 bits per heavy atom. The van der Waals surface area contributed by atoms with E-state index in [0.717, 1.165) is 4.82 Å². The first-order valence-electron chi connectivity index (χ1n) is 4.69. The third-order valence-corrected chi connectivity index (χ3v) is 6.25. The number of nitrogens with zero attached hydrogens (tertiary/aromatic N) is 2. The van der Waals surface area contributed by atoms with Crippen molar-refractivity contribution >= 4 is 39.7 Å². The Hall–Kier alpha value is -0.0110. The van der Waals surface area contributed by atoms with Crippen molar-refractivity contribution in [3.05, 3.63) is 18.3 Å². The molecule has 0 bridgehead atoms. The van der Waals surface area contributed by atoms with E-state index in [2.05, 4.69) is 57.5 Å². The zero-order valence-electron chi connectivity index (χ0n) is 8.43. The van der Waals surface area contributed by atoms with Gasteiger partial charge in [0.1, 0.15) is 0 Å². The van der Waals surface area contributed by atoms with Gasteiger partial charge in [0.25, 0.3) is 0 Å². The molecule has 1 atom stereocenters. The second-order valence-corrected chi connectivity index (χ2v) is 7.44. The quantitative estimate of drug-likeness (QED) is 0.684. The van der Waals surface area contributed by atoms with Gasteiger partial charge < -0.3 is 0 Å². The van der Waals surface area contributed by atoms with E-state index in [1.165, 1.54) is 22.1 Å². The van der Waals surface area contributed by atoms with Crippen molar-refractivity contribution in [2.75, 3.05) is 13.6 Å². The Morgan fingerprint density at radius 1 is 1.50 bits per heavy atom. The summed E-state index contributed by atoms with van der Waals surface area (Å²) in [5.41, 5.74) is 0. The van der Waals surface area contributed by atoms with Crippen LogP contribution in [0.15, 0.2) is 18.3 Å². The van der Waals surface area contributed by atoms with Crippen LogP contribution in [0.2, 0.25) is 4.82 Å². The van der Waals surface area contributed by atoms with E-state index in [0.29, 0.717) is 15.0 Å². The van der Waals surface area contributed by atoms with Crippen molar-refractivity contribution < 1.29 is 0 Å². The van der Waals surface area contributed by atoms with Gasteiger partial charge in [0, 0.05) is 0 Å². The summed E-state index contributed by atoms with van der Waals surface area (Å²) in [5, 5.41) is 0. The molecule has 1 saturated heterocycles. The molecular weight excluding hydrogens is 306 g/mol. The van der Waals surface area contributed by atoms with Crippen molar-refractivity contribution in [2.45, 2.75) is 11.2 Å². The normalized spacial score (nSPS) is 22.0. The molecular formula is C10H14N2Se2. The molecule has 76 valence electrons. The Labute approximate surface area is 99.2 Å². The average molecular weight is 320 g/mol. The predicted molar refractivity (Wildman–Crippen MR) is 62.6 cm³/mol. The van der Waals surface area contributed by atoms with Crippen LogP contribution >= 0.6 is 0 Å². The number of aromatic nitrogens is 1. The molecule has 2 heterocycles. The predicted octanol–water partition coefficient (Wildman–Crippen LogP) is -0.223. The van der Waals surface area contributed by atoms with Gasteiger partial charge in [0.15, 0.2) is 0 Å². The molecule has 0 N–H and O–H groups in total. The summed E-state index contributed by atoms with van der Waals surface area (Å²) in [4.78, 5) is 3.19. The average Bonchev–Trinajstić information content (AvgIpc) is 2.63. The number of rotatable bonds is 2. The van der Waals surface area contributed by atoms with Crippen molar-refractivity contribution in [1.82, 2.24) is 9.47 Å². The van der Waals surface area contributed by atoms with E-state index < -0.39 is 0 Å². The fourth-order valence-electron chi connectivity index (χ4n) is 1.64. The second kappa shape index (κ2) is 4.24. The molecule has 1 fully saturated rings. The van der Waals surface area contributed by atoms with Gasteiger partial charge in [0.2, 0.25) is 0 Å². The maximum absolute atomic E-state index is 3.16. The third kappa shape index (κ3) is 2.14. The summed E-state index contributed by atoms with van der Waals surface area (Å²) >= 11 is 3.77. The second-order valence-electron chi connectivity index (χ2n) is 3.68. The SMILES string of the molecule is CN1C[C@@H]([Se]c2cccn2C)CC1=[Se]. The number of aryl methyl sites for hydroxylation is 1. The Morgan fingerprint density at radius 3 is 2.79 bits per heavy atom. The van der Waals surface area contributed by atoms with Gasteiger partial charge in [-0.2, -0.15) is 0 Å². The molecule has 14 heavy (non-hydrogen) atoms. The topological polar surface area (TPSA) is 8.17 Å². The van der Waals surface area contributed by atoms with Gasteiger partial charge in [-0.15, -0.1) is 0 Å². The third-order valence-electron chi connectivity index (χ3n) is 2.49. The molecule has 1 aliphatic rings. The first-order chi connectivity index (χ1) is 6.66. The molecule has 2 rings (SSSR count). The van der Waals surface area contributed by atoms with E-state index in [-0.39, 0.29) is 0 Å². The molecule has 0 aliphatic carbocycles. The van der Waals surface area contributed by atoms with Crippen LogP contribution in [0.4, 0.5) is 0 Å². The van der Waals surface area contributed by atoms with Crippen molar-refractivity contribution in [2.24, 2.45) is 7.05 Å². The molecule has 1 aliphatic heterocycles. The number of hydrogen-bond acceptors (Lipinski definition) is 1. The molecule has 0 saturated carbocycles. The zero-order chi connectivity index (χ0) is 10.1. The minimum atomic E-state index is 0.609. The van der Waals surface area contributed by atoms with Gasteiger partial charge in [-0.1, -0.05) is 0 Å². The number of hydrogen-bond donors (Lipinski definition) is 0. The van der Waals surface area contributed by atoms with E-state index in [1.807, 2.05) is 0 Å². The molecule has 0 unspecified atom stereocenters. The van der Waals surface area contributed by atoms with Gasteiger partial charge >= 0.3 is 99.3 Å². The first-order valence-corrected chi connectivity index (χ1v) is 7.39. The summed E-state index contributed by atoms with van der Waals surface area (Å²) in [6.07, 6.45) is 3.38. The van der Waals surface area contributed by atoms with Crippen molar-refractivity contribution in [1.29, 1.82) is 0 Å². The van der Waals surface area contributed by atoms with Gasteiger partial charge in [-0.3, -0.25) is 0 Å². The molecule has 2 nitrogen and oxygen atoms in total. The molecule has 0 amide bonds. The van der Waals surface area contributed by atoms with Crippen LogP contribution in [0.5, 0.6) is 0 Å². The monoisotopic (exact) mass is 322 g/mol. The summed E-state index contributed by atoms with van der Waals surface area (Å²) in [6.45, 7) is 1.22. The van der Waals surface area contributed by atoms with Crippen LogP contribution in [-0.2, 0) is 7.05 Å². The standard InChI is InChI=1S/C10H14N2Se2/c1-11-5-3-4-10(11)14-8-6-9(13)12(2)7-8/h3-5,8H,6-7H2,1-2H3/t8-/m0/s1. The van der Waals surface area contributed by atoms with Gasteiger partial charge in [-0.25, -0.2) is 0 Å². The molecule has 0 aromatic carbocycles. The maximum atomic E-state index is 3.16. The minimum absolute atomic E-state index is 0.609. The van der Waals surface area contributed by atoms with Crippen LogP contribution in [0, 0.1) is 0 Å². The van der Waals surface area contributed by atoms with Crippen LogP contribution in [0.3, 0.4) is 0 Å². The fraction of sp³-hybridized carbons (Fsp3) is 0.500. The summed E-state index contributed by atoms with van der Waals surface area (Å²) in [7, 11) is 4.31. The van der Waals surface area contributed by atoms with Crippen molar-refractivity contribution in [3.63, 3.8) is 0 Å². The van der Waals surface area contributed by atoms with E-state index in [4.69, 9.17) is 0 Å². The number of likely N-dealkylation sites (tertiary alicyclic amines) is 1. The van der Waals surface area contributed by atoms with Crippen LogP contribution in [0.25, 0.3) is 0 Å². The molecule has 1 aromatic heterocycles. The fourth-order valence-corrected chi connectivity index (χ4v) is 5.41. The van der Waals surface area contributed by atoms with Gasteiger partial charge in [0.05, 0.1) is 0 Å². The molecule has 1 aromatic rings. The van der Waals surface area contributed by atoms with E-state index in [1.54, 1.807) is 0 Å². The van der Waals surface area contributed by atoms with Gasteiger partial charge in [-0.05, 0) is 0 Å². The molecule has 0 spiro atoms. The van der Waals surface area contributed by atoms with Crippen LogP contribution in [-0.4, -0.2) is 58.1 Å². The summed E-state index contributed by atoms with van der Waals surface area (Å²) < 4.78 is 5.17. The Kier molecular flexibility index (Phi) is 3.18. The first kappa shape index (κ1) is 10.5. The molecule has 4 heteroatoms. The van der Waals surface area contributed by atoms with Crippen LogP contribution < -0.4 is 4.59 Å². The van der Waals surface area contributed by atoms with Crippen LogP contribution in [0.1, 0.15) is 6.42 Å². The molecule has 0 radical (unpaired) electrons.